The van der Waals surface area contributed by atoms with Crippen molar-refractivity contribution in [2.24, 2.45) is 0 Å². The van der Waals surface area contributed by atoms with Crippen molar-refractivity contribution in [2.75, 3.05) is 32.7 Å². The molecule has 0 bridgehead atoms. The Morgan fingerprint density at radius 3 is 2.70 bits per heavy atom. The monoisotopic (exact) mass is 273 g/mol. The maximum atomic E-state index is 11.0. The quantitative estimate of drug-likeness (QED) is 0.796. The summed E-state index contributed by atoms with van der Waals surface area (Å²) in [6, 6.07) is 8.19. The van der Waals surface area contributed by atoms with E-state index in [9.17, 15) is 5.11 Å². The van der Waals surface area contributed by atoms with Crippen LogP contribution in [0.2, 0.25) is 0 Å². The van der Waals surface area contributed by atoms with Gasteiger partial charge in [0.25, 0.3) is 0 Å². The highest BCUT2D eigenvalue weighted by atomic mass is 16.3. The van der Waals surface area contributed by atoms with E-state index in [0.29, 0.717) is 6.54 Å². The van der Waals surface area contributed by atoms with Crippen LogP contribution < -0.4 is 5.32 Å². The van der Waals surface area contributed by atoms with Crippen LogP contribution in [-0.2, 0) is 5.60 Å². The number of H-pyrrole nitrogens is 1. The molecule has 3 N–H and O–H groups in total. The molecule has 3 rings (SSSR count). The molecule has 1 unspecified atom stereocenters. The zero-order valence-electron chi connectivity index (χ0n) is 12.2. The summed E-state index contributed by atoms with van der Waals surface area (Å²) in [6.45, 7) is 8.65. The number of rotatable bonds is 3. The second-order valence-corrected chi connectivity index (χ2v) is 5.97. The van der Waals surface area contributed by atoms with Crippen molar-refractivity contribution in [1.29, 1.82) is 0 Å². The molecule has 0 saturated carbocycles. The van der Waals surface area contributed by atoms with Gasteiger partial charge in [-0.2, -0.15) is 0 Å². The van der Waals surface area contributed by atoms with Gasteiger partial charge < -0.3 is 15.4 Å². The fourth-order valence-electron chi connectivity index (χ4n) is 3.35. The third kappa shape index (κ3) is 2.46. The number of aliphatic hydroxyl groups is 1. The van der Waals surface area contributed by atoms with Crippen LogP contribution in [-0.4, -0.2) is 47.7 Å². The maximum Gasteiger partial charge on any atom is 0.102 e. The molecule has 1 aromatic heterocycles. The number of aryl methyl sites for hydroxylation is 1. The largest absolute Gasteiger partial charge is 0.384 e. The van der Waals surface area contributed by atoms with Crippen molar-refractivity contribution in [2.45, 2.75) is 19.4 Å². The molecule has 20 heavy (non-hydrogen) atoms. The van der Waals surface area contributed by atoms with Crippen molar-refractivity contribution in [3.8, 4) is 0 Å². The lowest BCUT2D eigenvalue weighted by molar-refractivity contribution is 0.0133. The first kappa shape index (κ1) is 13.6. The number of fused-ring (bicyclic) bond motifs is 1. The first-order valence-corrected chi connectivity index (χ1v) is 7.31. The van der Waals surface area contributed by atoms with Crippen molar-refractivity contribution in [1.82, 2.24) is 15.2 Å². The van der Waals surface area contributed by atoms with E-state index in [1.54, 1.807) is 0 Å². The topological polar surface area (TPSA) is 51.3 Å². The van der Waals surface area contributed by atoms with Crippen LogP contribution >= 0.6 is 0 Å². The highest BCUT2D eigenvalue weighted by molar-refractivity contribution is 5.85. The van der Waals surface area contributed by atoms with Gasteiger partial charge in [-0.1, -0.05) is 18.2 Å². The van der Waals surface area contributed by atoms with Crippen molar-refractivity contribution >= 4 is 10.9 Å². The normalized spacial score (nSPS) is 20.1. The van der Waals surface area contributed by atoms with E-state index in [2.05, 4.69) is 27.3 Å². The lowest BCUT2D eigenvalue weighted by atomic mass is 9.92. The van der Waals surface area contributed by atoms with E-state index in [4.69, 9.17) is 0 Å². The van der Waals surface area contributed by atoms with Crippen molar-refractivity contribution in [3.63, 3.8) is 0 Å². The second kappa shape index (κ2) is 5.20. The van der Waals surface area contributed by atoms with Crippen molar-refractivity contribution < 1.29 is 5.11 Å². The molecule has 2 aromatic rings. The minimum atomic E-state index is -0.832. The summed E-state index contributed by atoms with van der Waals surface area (Å²) in [5, 5.41) is 15.5. The highest BCUT2D eigenvalue weighted by Crippen LogP contribution is 2.32. The predicted octanol–water partition coefficient (Wildman–Crippen LogP) is 1.59. The number of benzene rings is 1. The zero-order valence-corrected chi connectivity index (χ0v) is 12.2. The van der Waals surface area contributed by atoms with E-state index >= 15 is 0 Å². The van der Waals surface area contributed by atoms with Gasteiger partial charge in [-0.3, -0.25) is 4.90 Å². The second-order valence-electron chi connectivity index (χ2n) is 5.97. The lowest BCUT2D eigenvalue weighted by Crippen LogP contribution is -2.48. The fraction of sp³-hybridized carbons (Fsp3) is 0.500. The molecule has 1 aliphatic heterocycles. The summed E-state index contributed by atoms with van der Waals surface area (Å²) in [5.41, 5.74) is 2.36. The number of β-amino-alcohol motifs (C(OH)–C–C–N with tert-alkyl or cyclic N) is 1. The zero-order chi connectivity index (χ0) is 14.2. The SMILES string of the molecule is Cc1[nH]c2ccccc2c1C(C)(O)CN1CCNCC1. The van der Waals surface area contributed by atoms with Gasteiger partial charge >= 0.3 is 0 Å². The molecule has 1 fully saturated rings. The fourth-order valence-corrected chi connectivity index (χ4v) is 3.35. The Bertz CT molecular complexity index is 597. The third-order valence-corrected chi connectivity index (χ3v) is 4.17. The number of nitrogens with zero attached hydrogens (tertiary/aromatic N) is 1. The van der Waals surface area contributed by atoms with E-state index in [-0.39, 0.29) is 0 Å². The molecule has 108 valence electrons. The van der Waals surface area contributed by atoms with Crippen LogP contribution in [0.15, 0.2) is 24.3 Å². The third-order valence-electron chi connectivity index (χ3n) is 4.17. The Hall–Kier alpha value is -1.36. The van der Waals surface area contributed by atoms with Gasteiger partial charge in [-0.05, 0) is 19.9 Å². The predicted molar refractivity (Wildman–Crippen MR) is 81.9 cm³/mol. The molecule has 0 radical (unpaired) electrons. The van der Waals surface area contributed by atoms with Gasteiger partial charge in [-0.25, -0.2) is 0 Å². The average Bonchev–Trinajstić information content (AvgIpc) is 2.75. The summed E-state index contributed by atoms with van der Waals surface area (Å²) < 4.78 is 0. The Balaban J connectivity index is 1.93. The molecule has 4 heteroatoms. The van der Waals surface area contributed by atoms with E-state index < -0.39 is 5.60 Å². The molecule has 1 saturated heterocycles. The van der Waals surface area contributed by atoms with Crippen molar-refractivity contribution in [3.05, 3.63) is 35.5 Å². The molecule has 4 nitrogen and oxygen atoms in total. The number of hydrogen-bond donors (Lipinski definition) is 3. The van der Waals surface area contributed by atoms with Gasteiger partial charge in [0.05, 0.1) is 0 Å². The Labute approximate surface area is 119 Å². The number of nitrogens with one attached hydrogen (secondary N) is 2. The standard InChI is InChI=1S/C16H23N3O/c1-12-15(13-5-3-4-6-14(13)18-12)16(2,20)11-19-9-7-17-8-10-19/h3-6,17-18,20H,7-11H2,1-2H3. The summed E-state index contributed by atoms with van der Waals surface area (Å²) in [5.74, 6) is 0. The minimum Gasteiger partial charge on any atom is -0.384 e. The number of para-hydroxylation sites is 1. The summed E-state index contributed by atoms with van der Waals surface area (Å²) >= 11 is 0. The van der Waals surface area contributed by atoms with Crippen LogP contribution in [0.4, 0.5) is 0 Å². The summed E-state index contributed by atoms with van der Waals surface area (Å²) in [4.78, 5) is 5.71. The van der Waals surface area contributed by atoms with Gasteiger partial charge in [-0.15, -0.1) is 0 Å². The van der Waals surface area contributed by atoms with Crippen LogP contribution in [0.5, 0.6) is 0 Å². The molecule has 1 aliphatic rings. The molecule has 0 amide bonds. The van der Waals surface area contributed by atoms with Crippen LogP contribution in [0, 0.1) is 6.92 Å². The lowest BCUT2D eigenvalue weighted by Gasteiger charge is -2.34. The van der Waals surface area contributed by atoms with Crippen LogP contribution in [0.1, 0.15) is 18.2 Å². The van der Waals surface area contributed by atoms with Crippen LogP contribution in [0.25, 0.3) is 10.9 Å². The molecular weight excluding hydrogens is 250 g/mol. The highest BCUT2D eigenvalue weighted by Gasteiger charge is 2.31. The van der Waals surface area contributed by atoms with E-state index in [1.807, 2.05) is 26.0 Å². The first-order chi connectivity index (χ1) is 9.58. The molecule has 1 aromatic carbocycles. The minimum absolute atomic E-state index is 0.678. The molecule has 1 atom stereocenters. The van der Waals surface area contributed by atoms with Gasteiger partial charge in [0.2, 0.25) is 0 Å². The summed E-state index contributed by atoms with van der Waals surface area (Å²) in [7, 11) is 0. The number of piperazine rings is 1. The maximum absolute atomic E-state index is 11.0. The first-order valence-electron chi connectivity index (χ1n) is 7.31. The Morgan fingerprint density at radius 2 is 1.95 bits per heavy atom. The van der Waals surface area contributed by atoms with E-state index in [0.717, 1.165) is 48.3 Å². The van der Waals surface area contributed by atoms with Gasteiger partial charge in [0, 0.05) is 54.9 Å². The molecule has 2 heterocycles. The average molecular weight is 273 g/mol. The van der Waals surface area contributed by atoms with Gasteiger partial charge in [0.1, 0.15) is 5.60 Å². The Morgan fingerprint density at radius 1 is 1.25 bits per heavy atom. The van der Waals surface area contributed by atoms with Gasteiger partial charge in [0.15, 0.2) is 0 Å². The number of hydrogen-bond acceptors (Lipinski definition) is 3. The molecule has 0 spiro atoms. The van der Waals surface area contributed by atoms with E-state index in [1.165, 1.54) is 0 Å². The number of aromatic amines is 1. The number of aromatic nitrogens is 1. The Kier molecular flexibility index (Phi) is 3.54. The molecule has 0 aliphatic carbocycles. The smallest absolute Gasteiger partial charge is 0.102 e. The molecular formula is C16H23N3O. The summed E-state index contributed by atoms with van der Waals surface area (Å²) in [6.07, 6.45) is 0. The van der Waals surface area contributed by atoms with Crippen LogP contribution in [0.3, 0.4) is 0 Å².